The van der Waals surface area contributed by atoms with E-state index in [9.17, 15) is 4.79 Å². The number of likely N-dealkylation sites (N-methyl/N-ethyl adjacent to an activating group) is 2. The molecule has 0 unspecified atom stereocenters. The maximum absolute atomic E-state index is 10.5. The Kier molecular flexibility index (Phi) is 10.1. The van der Waals surface area contributed by atoms with Crippen LogP contribution in [0.1, 0.15) is 13.8 Å². The second kappa shape index (κ2) is 11.4. The van der Waals surface area contributed by atoms with Gasteiger partial charge in [-0.15, -0.1) is 0 Å². The van der Waals surface area contributed by atoms with Crippen LogP contribution in [-0.4, -0.2) is 61.7 Å². The number of carbonyl (C=O) groups is 1. The van der Waals surface area contributed by atoms with Gasteiger partial charge in [0.15, 0.2) is 0 Å². The van der Waals surface area contributed by atoms with Gasteiger partial charge in [-0.1, -0.05) is 5.16 Å². The summed E-state index contributed by atoms with van der Waals surface area (Å²) in [6, 6.07) is 0. The van der Waals surface area contributed by atoms with E-state index in [1.807, 2.05) is 18.1 Å². The highest BCUT2D eigenvalue weighted by Gasteiger charge is 1.97. The van der Waals surface area contributed by atoms with E-state index in [1.165, 1.54) is 6.21 Å². The fraction of sp³-hybridized carbons (Fsp3) is 0.429. The van der Waals surface area contributed by atoms with Crippen molar-refractivity contribution >= 4 is 24.7 Å². The first kappa shape index (κ1) is 18.6. The normalized spacial score (nSPS) is 12.8. The van der Waals surface area contributed by atoms with Crippen molar-refractivity contribution in [2.75, 3.05) is 27.2 Å². The lowest BCUT2D eigenvalue weighted by Crippen LogP contribution is -2.27. The molecule has 7 nitrogen and oxygen atoms in total. The zero-order chi connectivity index (χ0) is 16.1. The summed E-state index contributed by atoms with van der Waals surface area (Å²) in [5.74, 6) is 0.571. The third kappa shape index (κ3) is 10.1. The lowest BCUT2D eigenvalue weighted by Gasteiger charge is -2.17. The van der Waals surface area contributed by atoms with Crippen LogP contribution in [0.5, 0.6) is 0 Å². The van der Waals surface area contributed by atoms with Gasteiger partial charge in [-0.05, 0) is 19.9 Å². The van der Waals surface area contributed by atoms with Gasteiger partial charge in [0, 0.05) is 45.7 Å². The third-order valence-corrected chi connectivity index (χ3v) is 2.35. The number of carbonyl (C=O) groups excluding carboxylic acids is 1. The van der Waals surface area contributed by atoms with Crippen LogP contribution in [0.25, 0.3) is 0 Å². The smallest absolute Gasteiger partial charge is 0.209 e. The molecule has 0 aromatic heterocycles. The first-order valence-electron chi connectivity index (χ1n) is 6.47. The Bertz CT molecular complexity index is 441. The van der Waals surface area contributed by atoms with E-state index >= 15 is 0 Å². The number of hydrogen-bond donors (Lipinski definition) is 1. The van der Waals surface area contributed by atoms with Gasteiger partial charge in [-0.25, -0.2) is 4.99 Å². The number of rotatable bonds is 10. The van der Waals surface area contributed by atoms with Crippen LogP contribution in [0.2, 0.25) is 0 Å². The molecule has 0 atom stereocenters. The van der Waals surface area contributed by atoms with E-state index in [-0.39, 0.29) is 0 Å². The minimum absolute atomic E-state index is 0.571. The first-order chi connectivity index (χ1) is 10.0. The second-order valence-electron chi connectivity index (χ2n) is 4.28. The van der Waals surface area contributed by atoms with Crippen LogP contribution in [0.15, 0.2) is 34.3 Å². The van der Waals surface area contributed by atoms with E-state index in [0.717, 1.165) is 12.7 Å². The van der Waals surface area contributed by atoms with E-state index in [2.05, 4.69) is 10.1 Å². The number of amides is 1. The van der Waals surface area contributed by atoms with E-state index in [1.54, 1.807) is 37.9 Å². The average molecular weight is 293 g/mol. The lowest BCUT2D eigenvalue weighted by atomic mass is 10.3. The van der Waals surface area contributed by atoms with Crippen LogP contribution < -0.4 is 0 Å². The minimum Gasteiger partial charge on any atom is -0.379 e. The number of nitrogens with one attached hydrogen (secondary N) is 1. The molecule has 0 aliphatic heterocycles. The molecule has 1 amide bonds. The highest BCUT2D eigenvalue weighted by molar-refractivity contribution is 6.07. The molecule has 0 saturated heterocycles. The Morgan fingerprint density at radius 1 is 1.29 bits per heavy atom. The lowest BCUT2D eigenvalue weighted by molar-refractivity contribution is -0.117. The average Bonchev–Trinajstić information content (AvgIpc) is 2.48. The molecule has 0 aromatic carbocycles. The predicted molar refractivity (Wildman–Crippen MR) is 85.7 cm³/mol. The van der Waals surface area contributed by atoms with Gasteiger partial charge in [0.05, 0.1) is 5.71 Å². The summed E-state index contributed by atoms with van der Waals surface area (Å²) in [5.41, 5.74) is 0.574. The fourth-order valence-corrected chi connectivity index (χ4v) is 1.22. The summed E-state index contributed by atoms with van der Waals surface area (Å²) >= 11 is 0. The molecule has 0 saturated carbocycles. The standard InChI is InChI=1S/C14H23N5O2/c1-5-17-21-13(2)10-14(16-11-15)6-7-18(3)8-9-19(4)12-20/h5-7,10-12,15H,8-9H2,1-4H3/b7-6+,13-10+,15-11?,16-14?,17-5+. The molecule has 0 heterocycles. The Balaban J connectivity index is 4.63. The van der Waals surface area contributed by atoms with Gasteiger partial charge in [-0.3, -0.25) is 10.2 Å². The van der Waals surface area contributed by atoms with Gasteiger partial charge in [0.2, 0.25) is 6.41 Å². The molecule has 1 N–H and O–H groups in total. The van der Waals surface area contributed by atoms with Crippen molar-refractivity contribution in [2.24, 2.45) is 10.1 Å². The largest absolute Gasteiger partial charge is 0.379 e. The summed E-state index contributed by atoms with van der Waals surface area (Å²) in [4.78, 5) is 23.0. The summed E-state index contributed by atoms with van der Waals surface area (Å²) in [6.07, 6.45) is 8.56. The van der Waals surface area contributed by atoms with Crippen molar-refractivity contribution in [3.63, 3.8) is 0 Å². The number of allylic oxidation sites excluding steroid dienone is 3. The van der Waals surface area contributed by atoms with E-state index in [4.69, 9.17) is 10.2 Å². The molecular formula is C14H23N5O2. The SMILES string of the molecule is C/C=N/O/C(C)=C/C(/C=C/N(C)CCN(C)C=O)=NC=N. The van der Waals surface area contributed by atoms with E-state index in [0.29, 0.717) is 24.6 Å². The number of nitrogens with zero attached hydrogens (tertiary/aromatic N) is 4. The Labute approximate surface area is 125 Å². The molecule has 0 aliphatic carbocycles. The minimum atomic E-state index is 0.571. The molecule has 0 spiro atoms. The van der Waals surface area contributed by atoms with Crippen LogP contribution >= 0.6 is 0 Å². The van der Waals surface area contributed by atoms with Crippen molar-refractivity contribution in [3.8, 4) is 0 Å². The first-order valence-corrected chi connectivity index (χ1v) is 6.47. The van der Waals surface area contributed by atoms with Crippen molar-refractivity contribution in [3.05, 3.63) is 24.1 Å². The molecule has 21 heavy (non-hydrogen) atoms. The zero-order valence-corrected chi connectivity index (χ0v) is 13.0. The van der Waals surface area contributed by atoms with Crippen LogP contribution in [0.3, 0.4) is 0 Å². The van der Waals surface area contributed by atoms with Gasteiger partial charge in [0.25, 0.3) is 0 Å². The Hall–Kier alpha value is -2.44. The van der Waals surface area contributed by atoms with Crippen LogP contribution in [0.4, 0.5) is 0 Å². The van der Waals surface area contributed by atoms with Crippen molar-refractivity contribution < 1.29 is 9.63 Å². The van der Waals surface area contributed by atoms with Crippen molar-refractivity contribution in [2.45, 2.75) is 13.8 Å². The Morgan fingerprint density at radius 2 is 1.95 bits per heavy atom. The number of aliphatic imine (C=N–C) groups is 1. The summed E-state index contributed by atoms with van der Waals surface area (Å²) in [7, 11) is 3.62. The molecule has 0 fully saturated rings. The summed E-state index contributed by atoms with van der Waals surface area (Å²) in [6.45, 7) is 4.83. The molecule has 0 aliphatic rings. The highest BCUT2D eigenvalue weighted by atomic mass is 16.6. The highest BCUT2D eigenvalue weighted by Crippen LogP contribution is 1.99. The van der Waals surface area contributed by atoms with Gasteiger partial charge in [0.1, 0.15) is 12.1 Å². The van der Waals surface area contributed by atoms with Crippen LogP contribution in [-0.2, 0) is 9.63 Å². The third-order valence-electron chi connectivity index (χ3n) is 2.35. The molecule has 7 heteroatoms. The molecule has 116 valence electrons. The molecule has 0 aromatic rings. The predicted octanol–water partition coefficient (Wildman–Crippen LogP) is 1.49. The molecule has 0 rings (SSSR count). The van der Waals surface area contributed by atoms with Gasteiger partial charge >= 0.3 is 0 Å². The van der Waals surface area contributed by atoms with Crippen molar-refractivity contribution in [1.82, 2.24) is 9.80 Å². The second-order valence-corrected chi connectivity index (χ2v) is 4.28. The molecule has 0 bridgehead atoms. The summed E-state index contributed by atoms with van der Waals surface area (Å²) in [5, 5.41) is 10.7. The maximum Gasteiger partial charge on any atom is 0.209 e. The molecular weight excluding hydrogens is 270 g/mol. The quantitative estimate of drug-likeness (QED) is 0.218. The topological polar surface area (TPSA) is 81.3 Å². The summed E-state index contributed by atoms with van der Waals surface area (Å²) < 4.78 is 0. The maximum atomic E-state index is 10.5. The number of oxime groups is 1. The van der Waals surface area contributed by atoms with Crippen LogP contribution in [0, 0.1) is 5.41 Å². The monoisotopic (exact) mass is 293 g/mol. The fourth-order valence-electron chi connectivity index (χ4n) is 1.22. The molecule has 0 radical (unpaired) electrons. The number of hydrogen-bond acceptors (Lipinski definition) is 5. The van der Waals surface area contributed by atoms with E-state index < -0.39 is 0 Å². The zero-order valence-electron chi connectivity index (χ0n) is 13.0. The van der Waals surface area contributed by atoms with Gasteiger partial charge in [-0.2, -0.15) is 0 Å². The van der Waals surface area contributed by atoms with Gasteiger partial charge < -0.3 is 14.6 Å². The Morgan fingerprint density at radius 3 is 2.52 bits per heavy atom. The van der Waals surface area contributed by atoms with Crippen molar-refractivity contribution in [1.29, 1.82) is 5.41 Å².